The molecule has 1 unspecified atom stereocenters. The quantitative estimate of drug-likeness (QED) is 0.650. The molecule has 3 rings (SSSR count). The molecule has 0 aliphatic heterocycles. The molecule has 128 valence electrons. The second-order valence-electron chi connectivity index (χ2n) is 6.03. The first kappa shape index (κ1) is 17.3. The van der Waals surface area contributed by atoms with Crippen molar-refractivity contribution in [3.8, 4) is 11.1 Å². The van der Waals surface area contributed by atoms with Gasteiger partial charge >= 0.3 is 0 Å². The van der Waals surface area contributed by atoms with Gasteiger partial charge in [0, 0.05) is 11.5 Å². The molecule has 1 amide bonds. The van der Waals surface area contributed by atoms with E-state index in [1.807, 2.05) is 42.5 Å². The predicted molar refractivity (Wildman–Crippen MR) is 103 cm³/mol. The van der Waals surface area contributed by atoms with E-state index < -0.39 is 0 Å². The van der Waals surface area contributed by atoms with Crippen molar-refractivity contribution in [1.82, 2.24) is 10.2 Å². The van der Waals surface area contributed by atoms with E-state index in [2.05, 4.69) is 41.5 Å². The molecule has 0 saturated heterocycles. The summed E-state index contributed by atoms with van der Waals surface area (Å²) in [5.74, 6) is 0.212. The highest BCUT2D eigenvalue weighted by Gasteiger charge is 2.14. The second-order valence-corrected chi connectivity index (χ2v) is 7.04. The fourth-order valence-corrected chi connectivity index (χ4v) is 3.48. The molecule has 0 fully saturated rings. The summed E-state index contributed by atoms with van der Waals surface area (Å²) in [5.41, 5.74) is 2.83. The van der Waals surface area contributed by atoms with Crippen molar-refractivity contribution in [1.29, 1.82) is 0 Å². The van der Waals surface area contributed by atoms with E-state index in [1.54, 1.807) is 0 Å². The predicted octanol–water partition coefficient (Wildman–Crippen LogP) is 5.36. The SMILES string of the molecule is CCCC(C)c1nnc(NC(=O)c2ccc(-c3ccccc3)cc2)s1. The van der Waals surface area contributed by atoms with E-state index in [1.165, 1.54) is 11.3 Å². The smallest absolute Gasteiger partial charge is 0.257 e. The molecule has 4 nitrogen and oxygen atoms in total. The molecule has 0 radical (unpaired) electrons. The van der Waals surface area contributed by atoms with Gasteiger partial charge in [-0.1, -0.05) is 74.1 Å². The normalized spacial score (nSPS) is 11.9. The summed E-state index contributed by atoms with van der Waals surface area (Å²) in [6.07, 6.45) is 2.18. The van der Waals surface area contributed by atoms with E-state index in [0.29, 0.717) is 16.6 Å². The maximum Gasteiger partial charge on any atom is 0.257 e. The first-order valence-electron chi connectivity index (χ1n) is 8.47. The van der Waals surface area contributed by atoms with Crippen LogP contribution in [0.4, 0.5) is 5.13 Å². The highest BCUT2D eigenvalue weighted by Crippen LogP contribution is 2.26. The maximum absolute atomic E-state index is 12.4. The summed E-state index contributed by atoms with van der Waals surface area (Å²) in [6.45, 7) is 4.29. The topological polar surface area (TPSA) is 54.9 Å². The van der Waals surface area contributed by atoms with E-state index in [4.69, 9.17) is 0 Å². The molecule has 0 bridgehead atoms. The summed E-state index contributed by atoms with van der Waals surface area (Å²) in [4.78, 5) is 12.4. The highest BCUT2D eigenvalue weighted by molar-refractivity contribution is 7.15. The van der Waals surface area contributed by atoms with Crippen molar-refractivity contribution < 1.29 is 4.79 Å². The van der Waals surface area contributed by atoms with Crippen molar-refractivity contribution in [2.45, 2.75) is 32.6 Å². The van der Waals surface area contributed by atoms with E-state index in [9.17, 15) is 4.79 Å². The highest BCUT2D eigenvalue weighted by atomic mass is 32.1. The van der Waals surface area contributed by atoms with Crippen molar-refractivity contribution in [3.05, 3.63) is 65.2 Å². The van der Waals surface area contributed by atoms with Gasteiger partial charge in [0.05, 0.1) is 0 Å². The van der Waals surface area contributed by atoms with Gasteiger partial charge in [-0.15, -0.1) is 10.2 Å². The molecule has 25 heavy (non-hydrogen) atoms. The van der Waals surface area contributed by atoms with Crippen molar-refractivity contribution in [3.63, 3.8) is 0 Å². The Bertz CT molecular complexity index is 828. The molecule has 3 aromatic rings. The average molecular weight is 351 g/mol. The van der Waals surface area contributed by atoms with Gasteiger partial charge in [0.25, 0.3) is 5.91 Å². The van der Waals surface area contributed by atoms with Gasteiger partial charge in [-0.2, -0.15) is 0 Å². The van der Waals surface area contributed by atoms with Gasteiger partial charge in [0.1, 0.15) is 5.01 Å². The summed E-state index contributed by atoms with van der Waals surface area (Å²) in [5, 5.41) is 12.6. The summed E-state index contributed by atoms with van der Waals surface area (Å²) in [7, 11) is 0. The number of carbonyl (C=O) groups excluding carboxylic acids is 1. The fourth-order valence-electron chi connectivity index (χ4n) is 2.65. The van der Waals surface area contributed by atoms with Crippen LogP contribution in [0, 0.1) is 0 Å². The van der Waals surface area contributed by atoms with Crippen molar-refractivity contribution in [2.75, 3.05) is 5.32 Å². The standard InChI is InChI=1S/C20H21N3OS/c1-3-7-14(2)19-22-23-20(25-19)21-18(24)17-12-10-16(11-13-17)15-8-5-4-6-9-15/h4-6,8-14H,3,7H2,1-2H3,(H,21,23,24). The van der Waals surface area contributed by atoms with E-state index >= 15 is 0 Å². The Morgan fingerprint density at radius 1 is 1.04 bits per heavy atom. The molecule has 1 atom stereocenters. The van der Waals surface area contributed by atoms with Crippen LogP contribution in [0.3, 0.4) is 0 Å². The van der Waals surface area contributed by atoms with Crippen LogP contribution in [0.1, 0.15) is 48.0 Å². The van der Waals surface area contributed by atoms with Crippen molar-refractivity contribution in [2.24, 2.45) is 0 Å². The van der Waals surface area contributed by atoms with Gasteiger partial charge in [-0.3, -0.25) is 10.1 Å². The second kappa shape index (κ2) is 8.03. The average Bonchev–Trinajstić information content (AvgIpc) is 3.11. The van der Waals surface area contributed by atoms with Crippen molar-refractivity contribution >= 4 is 22.4 Å². The number of hydrogen-bond acceptors (Lipinski definition) is 4. The number of nitrogens with zero attached hydrogens (tertiary/aromatic N) is 2. The van der Waals surface area contributed by atoms with E-state index in [-0.39, 0.29) is 5.91 Å². The lowest BCUT2D eigenvalue weighted by Crippen LogP contribution is -2.11. The molecule has 5 heteroatoms. The molecular weight excluding hydrogens is 330 g/mol. The van der Waals surface area contributed by atoms with Crippen LogP contribution < -0.4 is 5.32 Å². The van der Waals surface area contributed by atoms with Gasteiger partial charge in [-0.05, 0) is 29.7 Å². The Kier molecular flexibility index (Phi) is 5.56. The number of benzene rings is 2. The minimum absolute atomic E-state index is 0.162. The van der Waals surface area contributed by atoms with Crippen LogP contribution in [-0.2, 0) is 0 Å². The Balaban J connectivity index is 1.67. The molecule has 0 aliphatic carbocycles. The zero-order valence-corrected chi connectivity index (χ0v) is 15.2. The Hall–Kier alpha value is -2.53. The van der Waals surface area contributed by atoms with Crippen LogP contribution in [-0.4, -0.2) is 16.1 Å². The van der Waals surface area contributed by atoms with Crippen LogP contribution in [0.5, 0.6) is 0 Å². The molecule has 0 aliphatic rings. The van der Waals surface area contributed by atoms with Gasteiger partial charge < -0.3 is 0 Å². The zero-order chi connectivity index (χ0) is 17.6. The lowest BCUT2D eigenvalue weighted by molar-refractivity contribution is 0.102. The molecular formula is C20H21N3OS. The summed E-state index contributed by atoms with van der Waals surface area (Å²) >= 11 is 1.45. The minimum atomic E-state index is -0.162. The maximum atomic E-state index is 12.4. The lowest BCUT2D eigenvalue weighted by atomic mass is 10.0. The molecule has 1 aromatic heterocycles. The third-order valence-electron chi connectivity index (χ3n) is 4.06. The number of hydrogen-bond donors (Lipinski definition) is 1. The Morgan fingerprint density at radius 2 is 1.72 bits per heavy atom. The number of nitrogens with one attached hydrogen (secondary N) is 1. The number of rotatable bonds is 6. The monoisotopic (exact) mass is 351 g/mol. The lowest BCUT2D eigenvalue weighted by Gasteiger charge is -2.05. The van der Waals surface area contributed by atoms with Crippen LogP contribution in [0.25, 0.3) is 11.1 Å². The third-order valence-corrected chi connectivity index (χ3v) is 5.13. The van der Waals surface area contributed by atoms with Crippen LogP contribution in [0.2, 0.25) is 0 Å². The number of amides is 1. The minimum Gasteiger partial charge on any atom is -0.296 e. The van der Waals surface area contributed by atoms with Gasteiger partial charge in [-0.25, -0.2) is 0 Å². The number of aromatic nitrogens is 2. The first-order valence-corrected chi connectivity index (χ1v) is 9.29. The number of anilines is 1. The van der Waals surface area contributed by atoms with Crippen LogP contribution in [0.15, 0.2) is 54.6 Å². The third kappa shape index (κ3) is 4.31. The molecule has 0 spiro atoms. The Labute approximate surface area is 151 Å². The Morgan fingerprint density at radius 3 is 2.40 bits per heavy atom. The van der Waals surface area contributed by atoms with Gasteiger partial charge in [0.2, 0.25) is 5.13 Å². The summed E-state index contributed by atoms with van der Waals surface area (Å²) in [6, 6.07) is 17.7. The molecule has 1 heterocycles. The van der Waals surface area contributed by atoms with E-state index in [0.717, 1.165) is 29.0 Å². The summed E-state index contributed by atoms with van der Waals surface area (Å²) < 4.78 is 0. The largest absolute Gasteiger partial charge is 0.296 e. The molecule has 0 saturated carbocycles. The number of carbonyl (C=O) groups is 1. The molecule has 1 N–H and O–H groups in total. The first-order chi connectivity index (χ1) is 12.2. The molecule has 2 aromatic carbocycles. The van der Waals surface area contributed by atoms with Gasteiger partial charge in [0.15, 0.2) is 0 Å². The zero-order valence-electron chi connectivity index (χ0n) is 14.4. The van der Waals surface area contributed by atoms with Crippen LogP contribution >= 0.6 is 11.3 Å². The fraction of sp³-hybridized carbons (Fsp3) is 0.250.